The molecule has 0 aliphatic heterocycles. The first-order chi connectivity index (χ1) is 9.90. The Balaban J connectivity index is 2.46. The van der Waals surface area contributed by atoms with Crippen LogP contribution in [0.5, 0.6) is 0 Å². The minimum absolute atomic E-state index is 0.0109. The van der Waals surface area contributed by atoms with Crippen molar-refractivity contribution in [1.29, 1.82) is 0 Å². The fourth-order valence-corrected chi connectivity index (χ4v) is 2.22. The molecule has 1 aliphatic rings. The molecule has 0 saturated heterocycles. The maximum Gasteiger partial charge on any atom is 0.260 e. The molecule has 1 aliphatic carbocycles. The highest BCUT2D eigenvalue weighted by Crippen LogP contribution is 2.29. The number of hydrogen-bond donors (Lipinski definition) is 1. The van der Waals surface area contributed by atoms with Crippen LogP contribution in [0.2, 0.25) is 0 Å². The zero-order valence-electron chi connectivity index (χ0n) is 10.9. The van der Waals surface area contributed by atoms with E-state index in [1.165, 1.54) is 0 Å². The van der Waals surface area contributed by atoms with Gasteiger partial charge in [0, 0.05) is 19.1 Å². The van der Waals surface area contributed by atoms with Crippen molar-refractivity contribution >= 4 is 5.91 Å². The van der Waals surface area contributed by atoms with Crippen LogP contribution in [-0.2, 0) is 0 Å². The summed E-state index contributed by atoms with van der Waals surface area (Å²) in [7, 11) is 0. The van der Waals surface area contributed by atoms with Gasteiger partial charge in [-0.3, -0.25) is 4.79 Å². The molecular formula is C13H13F5N2O. The Morgan fingerprint density at radius 1 is 1.00 bits per heavy atom. The van der Waals surface area contributed by atoms with Crippen LogP contribution in [0.25, 0.3) is 0 Å². The van der Waals surface area contributed by atoms with Gasteiger partial charge in [0.1, 0.15) is 5.56 Å². The first-order valence-corrected chi connectivity index (χ1v) is 6.42. The molecule has 21 heavy (non-hydrogen) atoms. The molecule has 0 unspecified atom stereocenters. The molecule has 1 saturated carbocycles. The third-order valence-electron chi connectivity index (χ3n) is 3.57. The van der Waals surface area contributed by atoms with Gasteiger partial charge in [0.2, 0.25) is 5.82 Å². The molecule has 3 nitrogen and oxygen atoms in total. The fourth-order valence-electron chi connectivity index (χ4n) is 2.22. The van der Waals surface area contributed by atoms with Crippen LogP contribution in [0.1, 0.15) is 29.6 Å². The van der Waals surface area contributed by atoms with Gasteiger partial charge in [0.15, 0.2) is 23.3 Å². The van der Waals surface area contributed by atoms with Crippen LogP contribution < -0.4 is 5.73 Å². The molecule has 2 N–H and O–H groups in total. The first-order valence-electron chi connectivity index (χ1n) is 6.42. The molecule has 0 atom stereocenters. The number of hydrogen-bond acceptors (Lipinski definition) is 2. The van der Waals surface area contributed by atoms with Crippen molar-refractivity contribution < 1.29 is 26.7 Å². The number of amides is 1. The minimum atomic E-state index is -2.28. The van der Waals surface area contributed by atoms with E-state index >= 15 is 0 Å². The summed E-state index contributed by atoms with van der Waals surface area (Å²) in [6.07, 6.45) is 2.05. The molecule has 0 spiro atoms. The van der Waals surface area contributed by atoms with E-state index in [9.17, 15) is 26.7 Å². The lowest BCUT2D eigenvalue weighted by atomic mass is 9.91. The number of rotatable bonds is 4. The average Bonchev–Trinajstić information content (AvgIpc) is 2.40. The largest absolute Gasteiger partial charge is 0.334 e. The summed E-state index contributed by atoms with van der Waals surface area (Å²) < 4.78 is 66.6. The Hall–Kier alpha value is -1.70. The lowest BCUT2D eigenvalue weighted by molar-refractivity contribution is 0.0575. The lowest BCUT2D eigenvalue weighted by Gasteiger charge is -2.37. The Kier molecular flexibility index (Phi) is 4.46. The molecule has 1 aromatic rings. The summed E-state index contributed by atoms with van der Waals surface area (Å²) in [5.74, 6) is -12.0. The van der Waals surface area contributed by atoms with E-state index in [4.69, 9.17) is 5.73 Å². The van der Waals surface area contributed by atoms with E-state index in [0.29, 0.717) is 12.8 Å². The van der Waals surface area contributed by atoms with Gasteiger partial charge in [-0.25, -0.2) is 22.0 Å². The first kappa shape index (κ1) is 15.7. The third kappa shape index (κ3) is 2.59. The minimum Gasteiger partial charge on any atom is -0.334 e. The van der Waals surface area contributed by atoms with Gasteiger partial charge < -0.3 is 10.6 Å². The van der Waals surface area contributed by atoms with E-state index in [1.807, 2.05) is 0 Å². The zero-order chi connectivity index (χ0) is 15.7. The summed E-state index contributed by atoms with van der Waals surface area (Å²) in [5.41, 5.74) is 3.91. The smallest absolute Gasteiger partial charge is 0.260 e. The third-order valence-corrected chi connectivity index (χ3v) is 3.57. The molecule has 1 fully saturated rings. The Morgan fingerprint density at radius 2 is 1.48 bits per heavy atom. The van der Waals surface area contributed by atoms with E-state index in [-0.39, 0.29) is 19.1 Å². The van der Waals surface area contributed by atoms with Crippen molar-refractivity contribution in [3.05, 3.63) is 34.6 Å². The van der Waals surface area contributed by atoms with Crippen LogP contribution in [0, 0.1) is 29.1 Å². The predicted octanol–water partition coefficient (Wildman–Crippen LogP) is 2.34. The van der Waals surface area contributed by atoms with Crippen molar-refractivity contribution in [3.63, 3.8) is 0 Å². The fraction of sp³-hybridized carbons (Fsp3) is 0.462. The normalized spacial score (nSPS) is 15.0. The predicted molar refractivity (Wildman–Crippen MR) is 64.0 cm³/mol. The molecule has 0 radical (unpaired) electrons. The number of nitrogens with two attached hydrogens (primary N) is 1. The van der Waals surface area contributed by atoms with Crippen LogP contribution in [0.4, 0.5) is 22.0 Å². The second-order valence-electron chi connectivity index (χ2n) is 4.82. The van der Waals surface area contributed by atoms with Gasteiger partial charge in [-0.2, -0.15) is 0 Å². The molecule has 1 amide bonds. The van der Waals surface area contributed by atoms with Crippen LogP contribution >= 0.6 is 0 Å². The van der Waals surface area contributed by atoms with Crippen molar-refractivity contribution in [2.75, 3.05) is 13.1 Å². The summed E-state index contributed by atoms with van der Waals surface area (Å²) >= 11 is 0. The Labute approximate surface area is 117 Å². The molecular weight excluding hydrogens is 295 g/mol. The number of carbonyl (C=O) groups is 1. The zero-order valence-corrected chi connectivity index (χ0v) is 10.9. The lowest BCUT2D eigenvalue weighted by Crippen LogP contribution is -2.47. The number of carbonyl (C=O) groups excluding carboxylic acids is 1. The van der Waals surface area contributed by atoms with Crippen LogP contribution in [0.3, 0.4) is 0 Å². The van der Waals surface area contributed by atoms with Gasteiger partial charge in [0.25, 0.3) is 5.91 Å². The maximum absolute atomic E-state index is 13.6. The summed E-state index contributed by atoms with van der Waals surface area (Å²) in [6, 6.07) is -0.281. The van der Waals surface area contributed by atoms with Gasteiger partial charge >= 0.3 is 0 Å². The van der Waals surface area contributed by atoms with Gasteiger partial charge in [-0.15, -0.1) is 0 Å². The van der Waals surface area contributed by atoms with Gasteiger partial charge in [0.05, 0.1) is 0 Å². The summed E-state index contributed by atoms with van der Waals surface area (Å²) in [5, 5.41) is 0. The quantitative estimate of drug-likeness (QED) is 0.527. The second-order valence-corrected chi connectivity index (χ2v) is 4.82. The SMILES string of the molecule is NCCN(C(=O)c1c(F)c(F)c(F)c(F)c1F)C1CCC1. The Bertz CT molecular complexity index is 545. The highest BCUT2D eigenvalue weighted by atomic mass is 19.2. The molecule has 0 bridgehead atoms. The topological polar surface area (TPSA) is 46.3 Å². The number of benzene rings is 1. The second kappa shape index (κ2) is 5.97. The van der Waals surface area contributed by atoms with Crippen molar-refractivity contribution in [3.8, 4) is 0 Å². The number of nitrogens with zero attached hydrogens (tertiary/aromatic N) is 1. The summed E-state index contributed by atoms with van der Waals surface area (Å²) in [4.78, 5) is 13.2. The van der Waals surface area contributed by atoms with Crippen molar-refractivity contribution in [2.45, 2.75) is 25.3 Å². The maximum atomic E-state index is 13.6. The molecule has 0 heterocycles. The van der Waals surface area contributed by atoms with E-state index in [0.717, 1.165) is 11.3 Å². The van der Waals surface area contributed by atoms with Gasteiger partial charge in [-0.05, 0) is 19.3 Å². The van der Waals surface area contributed by atoms with Crippen molar-refractivity contribution in [1.82, 2.24) is 4.90 Å². The van der Waals surface area contributed by atoms with E-state index < -0.39 is 40.6 Å². The van der Waals surface area contributed by atoms with Crippen molar-refractivity contribution in [2.24, 2.45) is 5.73 Å². The van der Waals surface area contributed by atoms with Crippen LogP contribution in [0.15, 0.2) is 0 Å². The van der Waals surface area contributed by atoms with Gasteiger partial charge in [-0.1, -0.05) is 0 Å². The van der Waals surface area contributed by atoms with Crippen LogP contribution in [-0.4, -0.2) is 29.9 Å². The highest BCUT2D eigenvalue weighted by molar-refractivity contribution is 5.95. The van der Waals surface area contributed by atoms with E-state index in [2.05, 4.69) is 0 Å². The molecule has 0 aromatic heterocycles. The molecule has 116 valence electrons. The van der Waals surface area contributed by atoms with E-state index in [1.54, 1.807) is 0 Å². The molecule has 2 rings (SSSR count). The Morgan fingerprint density at radius 3 is 1.86 bits per heavy atom. The standard InChI is InChI=1S/C13H13F5N2O/c14-8-7(9(15)11(17)12(18)10(8)16)13(21)20(5-4-19)6-2-1-3-6/h6H,1-5,19H2. The number of halogens is 5. The monoisotopic (exact) mass is 308 g/mol. The molecule has 1 aromatic carbocycles. The highest BCUT2D eigenvalue weighted by Gasteiger charge is 2.35. The summed E-state index contributed by atoms with van der Waals surface area (Å²) in [6.45, 7) is 0.0145. The molecule has 8 heteroatoms. The average molecular weight is 308 g/mol.